The molecule has 0 heterocycles. The standard InChI is InChI=1S/C10H21N/c1-4-7-10-11(8-5-2)9-6-3/h4H,1,5-10H2,2-3H3. The fraction of sp³-hybridized carbons (Fsp3) is 0.800. The van der Waals surface area contributed by atoms with Gasteiger partial charge in [0, 0.05) is 6.54 Å². The van der Waals surface area contributed by atoms with E-state index in [4.69, 9.17) is 0 Å². The second-order valence-corrected chi connectivity index (χ2v) is 2.92. The van der Waals surface area contributed by atoms with Gasteiger partial charge in [-0.25, -0.2) is 0 Å². The van der Waals surface area contributed by atoms with E-state index < -0.39 is 0 Å². The minimum atomic E-state index is 1.12. The molecule has 0 atom stereocenters. The summed E-state index contributed by atoms with van der Waals surface area (Å²) in [5.74, 6) is 0. The summed E-state index contributed by atoms with van der Waals surface area (Å²) >= 11 is 0. The van der Waals surface area contributed by atoms with Gasteiger partial charge in [0.2, 0.25) is 0 Å². The predicted molar refractivity (Wildman–Crippen MR) is 51.8 cm³/mol. The highest BCUT2D eigenvalue weighted by Gasteiger charge is 1.98. The lowest BCUT2D eigenvalue weighted by Crippen LogP contribution is -2.26. The molecule has 11 heavy (non-hydrogen) atoms. The van der Waals surface area contributed by atoms with Crippen LogP contribution in [0.15, 0.2) is 12.7 Å². The van der Waals surface area contributed by atoms with E-state index in [1.807, 2.05) is 6.08 Å². The summed E-state index contributed by atoms with van der Waals surface area (Å²) in [5.41, 5.74) is 0. The fourth-order valence-corrected chi connectivity index (χ4v) is 1.24. The highest BCUT2D eigenvalue weighted by Crippen LogP contribution is 1.95. The Kier molecular flexibility index (Phi) is 7.59. The van der Waals surface area contributed by atoms with Crippen LogP contribution >= 0.6 is 0 Å². The molecule has 0 aliphatic carbocycles. The fourth-order valence-electron chi connectivity index (χ4n) is 1.24. The molecule has 0 aliphatic rings. The molecular formula is C10H21N. The van der Waals surface area contributed by atoms with Crippen LogP contribution in [-0.2, 0) is 0 Å². The van der Waals surface area contributed by atoms with Crippen molar-refractivity contribution in [2.75, 3.05) is 19.6 Å². The van der Waals surface area contributed by atoms with Gasteiger partial charge in [-0.1, -0.05) is 19.9 Å². The molecule has 0 amide bonds. The Morgan fingerprint density at radius 3 is 2.00 bits per heavy atom. The first-order chi connectivity index (χ1) is 5.35. The summed E-state index contributed by atoms with van der Waals surface area (Å²) in [6.07, 6.45) is 5.65. The molecule has 0 unspecified atom stereocenters. The Bertz CT molecular complexity index is 82.9. The van der Waals surface area contributed by atoms with E-state index in [9.17, 15) is 0 Å². The maximum Gasteiger partial charge on any atom is 0.00158 e. The summed E-state index contributed by atoms with van der Waals surface area (Å²) in [6.45, 7) is 11.9. The van der Waals surface area contributed by atoms with Gasteiger partial charge in [-0.15, -0.1) is 6.58 Å². The largest absolute Gasteiger partial charge is 0.303 e. The van der Waals surface area contributed by atoms with Gasteiger partial charge in [0.1, 0.15) is 0 Å². The Labute approximate surface area is 71.1 Å². The van der Waals surface area contributed by atoms with Gasteiger partial charge in [0.15, 0.2) is 0 Å². The Balaban J connectivity index is 3.41. The van der Waals surface area contributed by atoms with Crippen LogP contribution < -0.4 is 0 Å². The summed E-state index contributed by atoms with van der Waals surface area (Å²) < 4.78 is 0. The van der Waals surface area contributed by atoms with Crippen LogP contribution in [-0.4, -0.2) is 24.5 Å². The molecule has 0 N–H and O–H groups in total. The zero-order valence-electron chi connectivity index (χ0n) is 7.97. The summed E-state index contributed by atoms with van der Waals surface area (Å²) in [5, 5.41) is 0. The number of hydrogen-bond acceptors (Lipinski definition) is 1. The topological polar surface area (TPSA) is 3.24 Å². The third kappa shape index (κ3) is 6.11. The molecule has 66 valence electrons. The SMILES string of the molecule is C=CCCN(CCC)CCC. The second-order valence-electron chi connectivity index (χ2n) is 2.92. The molecule has 0 aliphatic heterocycles. The molecule has 0 bridgehead atoms. The first kappa shape index (κ1) is 10.7. The smallest absolute Gasteiger partial charge is 0.00158 e. The van der Waals surface area contributed by atoms with Gasteiger partial charge in [-0.2, -0.15) is 0 Å². The van der Waals surface area contributed by atoms with Crippen LogP contribution in [0.5, 0.6) is 0 Å². The van der Waals surface area contributed by atoms with Crippen LogP contribution in [0.4, 0.5) is 0 Å². The van der Waals surface area contributed by atoms with E-state index in [1.165, 1.54) is 32.5 Å². The zero-order chi connectivity index (χ0) is 8.53. The molecule has 0 spiro atoms. The van der Waals surface area contributed by atoms with Gasteiger partial charge in [-0.05, 0) is 32.4 Å². The lowest BCUT2D eigenvalue weighted by molar-refractivity contribution is 0.280. The van der Waals surface area contributed by atoms with Crippen LogP contribution in [0.2, 0.25) is 0 Å². The highest BCUT2D eigenvalue weighted by atomic mass is 15.1. The highest BCUT2D eigenvalue weighted by molar-refractivity contribution is 4.69. The molecule has 1 nitrogen and oxygen atoms in total. The van der Waals surface area contributed by atoms with Crippen molar-refractivity contribution >= 4 is 0 Å². The van der Waals surface area contributed by atoms with Crippen molar-refractivity contribution in [1.29, 1.82) is 0 Å². The minimum absolute atomic E-state index is 1.12. The maximum atomic E-state index is 3.73. The van der Waals surface area contributed by atoms with Crippen LogP contribution in [0.25, 0.3) is 0 Å². The Morgan fingerprint density at radius 1 is 1.09 bits per heavy atom. The minimum Gasteiger partial charge on any atom is -0.303 e. The normalized spacial score (nSPS) is 10.5. The summed E-state index contributed by atoms with van der Waals surface area (Å²) in [7, 11) is 0. The van der Waals surface area contributed by atoms with E-state index in [0.717, 1.165) is 6.42 Å². The van der Waals surface area contributed by atoms with Crippen molar-refractivity contribution in [2.24, 2.45) is 0 Å². The van der Waals surface area contributed by atoms with Gasteiger partial charge in [-0.3, -0.25) is 0 Å². The molecule has 0 fully saturated rings. The monoisotopic (exact) mass is 155 g/mol. The first-order valence-corrected chi connectivity index (χ1v) is 4.68. The second kappa shape index (κ2) is 7.80. The van der Waals surface area contributed by atoms with Crippen LogP contribution in [0, 0.1) is 0 Å². The molecular weight excluding hydrogens is 134 g/mol. The van der Waals surface area contributed by atoms with Crippen molar-refractivity contribution in [3.05, 3.63) is 12.7 Å². The predicted octanol–water partition coefficient (Wildman–Crippen LogP) is 2.68. The number of hydrogen-bond donors (Lipinski definition) is 0. The zero-order valence-corrected chi connectivity index (χ0v) is 7.97. The van der Waals surface area contributed by atoms with Crippen LogP contribution in [0.3, 0.4) is 0 Å². The molecule has 1 heteroatoms. The lowest BCUT2D eigenvalue weighted by Gasteiger charge is -2.19. The van der Waals surface area contributed by atoms with Crippen molar-refractivity contribution in [3.8, 4) is 0 Å². The number of nitrogens with zero attached hydrogens (tertiary/aromatic N) is 1. The van der Waals surface area contributed by atoms with Crippen LogP contribution in [0.1, 0.15) is 33.1 Å². The maximum absolute atomic E-state index is 3.73. The van der Waals surface area contributed by atoms with Crippen molar-refractivity contribution in [1.82, 2.24) is 4.90 Å². The third-order valence-electron chi connectivity index (χ3n) is 1.73. The molecule has 0 aromatic heterocycles. The van der Waals surface area contributed by atoms with E-state index >= 15 is 0 Å². The van der Waals surface area contributed by atoms with Crippen molar-refractivity contribution in [2.45, 2.75) is 33.1 Å². The Hall–Kier alpha value is -0.300. The molecule has 0 radical (unpaired) electrons. The van der Waals surface area contributed by atoms with E-state index in [2.05, 4.69) is 25.3 Å². The molecule has 0 saturated heterocycles. The van der Waals surface area contributed by atoms with Gasteiger partial charge in [0.05, 0.1) is 0 Å². The average molecular weight is 155 g/mol. The molecule has 0 rings (SSSR count). The Morgan fingerprint density at radius 2 is 1.64 bits per heavy atom. The quantitative estimate of drug-likeness (QED) is 0.511. The van der Waals surface area contributed by atoms with Crippen molar-refractivity contribution in [3.63, 3.8) is 0 Å². The average Bonchev–Trinajstić information content (AvgIpc) is 2.01. The third-order valence-corrected chi connectivity index (χ3v) is 1.73. The summed E-state index contributed by atoms with van der Waals surface area (Å²) in [4.78, 5) is 2.50. The van der Waals surface area contributed by atoms with Crippen molar-refractivity contribution < 1.29 is 0 Å². The van der Waals surface area contributed by atoms with Gasteiger partial charge >= 0.3 is 0 Å². The van der Waals surface area contributed by atoms with Gasteiger partial charge < -0.3 is 4.90 Å². The van der Waals surface area contributed by atoms with E-state index in [0.29, 0.717) is 0 Å². The molecule has 0 aromatic carbocycles. The first-order valence-electron chi connectivity index (χ1n) is 4.68. The summed E-state index contributed by atoms with van der Waals surface area (Å²) in [6, 6.07) is 0. The van der Waals surface area contributed by atoms with Gasteiger partial charge in [0.25, 0.3) is 0 Å². The number of rotatable bonds is 7. The van der Waals surface area contributed by atoms with E-state index in [1.54, 1.807) is 0 Å². The van der Waals surface area contributed by atoms with E-state index in [-0.39, 0.29) is 0 Å². The lowest BCUT2D eigenvalue weighted by atomic mass is 10.3. The molecule has 0 saturated carbocycles. The molecule has 0 aromatic rings.